The number of halogens is 1. The van der Waals surface area contributed by atoms with E-state index in [1.807, 2.05) is 0 Å². The van der Waals surface area contributed by atoms with Crippen LogP contribution in [0.25, 0.3) is 0 Å². The Hall–Kier alpha value is -2.85. The lowest BCUT2D eigenvalue weighted by Crippen LogP contribution is -2.50. The van der Waals surface area contributed by atoms with E-state index in [1.54, 1.807) is 35.8 Å². The number of amides is 3. The zero-order valence-electron chi connectivity index (χ0n) is 17.6. The van der Waals surface area contributed by atoms with Gasteiger partial charge in [-0.15, -0.1) is 0 Å². The van der Waals surface area contributed by atoms with Crippen molar-refractivity contribution in [3.8, 4) is 0 Å². The van der Waals surface area contributed by atoms with E-state index in [4.69, 9.17) is 16.0 Å². The number of rotatable bonds is 3. The summed E-state index contributed by atoms with van der Waals surface area (Å²) < 4.78 is 31.1. The summed E-state index contributed by atoms with van der Waals surface area (Å²) in [5.41, 5.74) is -0.901. The number of hydrogen-bond acceptors (Lipinski definition) is 6. The molecule has 2 aliphatic heterocycles. The Morgan fingerprint density at radius 3 is 2.19 bits per heavy atom. The predicted octanol–water partition coefficient (Wildman–Crippen LogP) is 2.23. The van der Waals surface area contributed by atoms with E-state index in [2.05, 4.69) is 0 Å². The van der Waals surface area contributed by atoms with Gasteiger partial charge in [0.2, 0.25) is 15.9 Å². The topological polar surface area (TPSA) is 108 Å². The molecule has 3 amide bonds. The first-order valence-corrected chi connectivity index (χ1v) is 12.0. The molecule has 0 spiro atoms. The molecule has 0 radical (unpaired) electrons. The van der Waals surface area contributed by atoms with Gasteiger partial charge in [-0.25, -0.2) is 12.7 Å². The summed E-state index contributed by atoms with van der Waals surface area (Å²) >= 11 is 6.22. The molecule has 2 saturated heterocycles. The molecular weight excluding hydrogens is 458 g/mol. The minimum Gasteiger partial charge on any atom is -0.459 e. The van der Waals surface area contributed by atoms with Gasteiger partial charge in [0.1, 0.15) is 0 Å². The highest BCUT2D eigenvalue weighted by atomic mass is 35.5. The third kappa shape index (κ3) is 3.88. The summed E-state index contributed by atoms with van der Waals surface area (Å²) in [6.45, 7) is 4.38. The van der Waals surface area contributed by atoms with E-state index in [1.165, 1.54) is 24.5 Å². The van der Waals surface area contributed by atoms with Gasteiger partial charge >= 0.3 is 0 Å². The van der Waals surface area contributed by atoms with Crippen molar-refractivity contribution in [3.63, 3.8) is 0 Å². The number of benzene rings is 1. The molecule has 4 rings (SSSR count). The Labute approximate surface area is 190 Å². The van der Waals surface area contributed by atoms with Gasteiger partial charge in [0.25, 0.3) is 11.8 Å². The second kappa shape index (κ2) is 7.93. The Balaban J connectivity index is 1.52. The lowest BCUT2D eigenvalue weighted by atomic mass is 9.95. The van der Waals surface area contributed by atoms with Crippen LogP contribution in [0.2, 0.25) is 5.02 Å². The molecule has 170 valence electrons. The van der Waals surface area contributed by atoms with Crippen LogP contribution in [0, 0.1) is 5.41 Å². The molecule has 0 saturated carbocycles. The molecule has 0 unspecified atom stereocenters. The lowest BCUT2D eigenvalue weighted by Gasteiger charge is -2.34. The number of sulfonamides is 1. The van der Waals surface area contributed by atoms with E-state index in [9.17, 15) is 22.8 Å². The molecule has 0 N–H and O–H groups in total. The zero-order valence-corrected chi connectivity index (χ0v) is 19.1. The number of carbonyl (C=O) groups is 3. The molecule has 0 atom stereocenters. The van der Waals surface area contributed by atoms with E-state index in [-0.39, 0.29) is 39.6 Å². The number of piperazine rings is 1. The second-order valence-corrected chi connectivity index (χ2v) is 10.7. The van der Waals surface area contributed by atoms with Crippen LogP contribution >= 0.6 is 11.6 Å². The third-order valence-electron chi connectivity index (χ3n) is 5.58. The molecule has 2 aliphatic rings. The van der Waals surface area contributed by atoms with Crippen LogP contribution < -0.4 is 4.31 Å². The van der Waals surface area contributed by atoms with Crippen LogP contribution in [0.1, 0.15) is 34.8 Å². The van der Waals surface area contributed by atoms with E-state index < -0.39 is 21.3 Å². The van der Waals surface area contributed by atoms with Crippen LogP contribution in [0.15, 0.2) is 41.0 Å². The highest BCUT2D eigenvalue weighted by Crippen LogP contribution is 2.39. The Morgan fingerprint density at radius 1 is 1.03 bits per heavy atom. The molecule has 0 aliphatic carbocycles. The van der Waals surface area contributed by atoms with Crippen molar-refractivity contribution >= 4 is 45.0 Å². The zero-order chi connectivity index (χ0) is 23.3. The first-order valence-electron chi connectivity index (χ1n) is 10.0. The summed E-state index contributed by atoms with van der Waals surface area (Å²) in [6, 6.07) is 7.46. The Morgan fingerprint density at radius 2 is 1.66 bits per heavy atom. The van der Waals surface area contributed by atoms with Crippen molar-refractivity contribution in [2.45, 2.75) is 13.8 Å². The molecule has 11 heteroatoms. The number of hydrogen-bond donors (Lipinski definition) is 0. The summed E-state index contributed by atoms with van der Waals surface area (Å²) in [4.78, 5) is 41.4. The highest BCUT2D eigenvalue weighted by molar-refractivity contribution is 7.94. The molecule has 1 aromatic carbocycles. The van der Waals surface area contributed by atoms with Gasteiger partial charge in [-0.2, -0.15) is 0 Å². The fourth-order valence-corrected chi connectivity index (χ4v) is 6.26. The van der Waals surface area contributed by atoms with Gasteiger partial charge in [-0.3, -0.25) is 14.4 Å². The molecule has 3 heterocycles. The fourth-order valence-electron chi connectivity index (χ4n) is 3.90. The van der Waals surface area contributed by atoms with Crippen molar-refractivity contribution < 1.29 is 27.2 Å². The molecule has 0 bridgehead atoms. The minimum absolute atomic E-state index is 0.0280. The number of carbonyl (C=O) groups excluding carboxylic acids is 3. The molecule has 9 nitrogen and oxygen atoms in total. The first kappa shape index (κ1) is 22.3. The van der Waals surface area contributed by atoms with Gasteiger partial charge < -0.3 is 14.2 Å². The summed E-state index contributed by atoms with van der Waals surface area (Å²) in [7, 11) is -3.90. The average Bonchev–Trinajstić information content (AvgIpc) is 3.33. The Kier molecular flexibility index (Phi) is 5.54. The van der Waals surface area contributed by atoms with Crippen molar-refractivity contribution in [2.75, 3.05) is 36.2 Å². The number of furan rings is 1. The van der Waals surface area contributed by atoms with Crippen LogP contribution in [0.5, 0.6) is 0 Å². The molecule has 2 aromatic rings. The van der Waals surface area contributed by atoms with E-state index >= 15 is 0 Å². The van der Waals surface area contributed by atoms with Gasteiger partial charge in [0.05, 0.1) is 28.1 Å². The lowest BCUT2D eigenvalue weighted by molar-refractivity contribution is -0.123. The maximum absolute atomic E-state index is 13.1. The van der Waals surface area contributed by atoms with Crippen LogP contribution in [-0.2, 0) is 14.8 Å². The maximum atomic E-state index is 13.1. The molecular formula is C21H22ClN3O6S. The number of nitrogens with zero attached hydrogens (tertiary/aromatic N) is 3. The maximum Gasteiger partial charge on any atom is 0.289 e. The minimum atomic E-state index is -3.90. The average molecular weight is 480 g/mol. The molecule has 2 fully saturated rings. The quantitative estimate of drug-likeness (QED) is 0.668. The van der Waals surface area contributed by atoms with E-state index in [0.717, 1.165) is 0 Å². The standard InChI is InChI=1S/C21H22ClN3O6S/c1-21(2)13-32(29,30)25(20(21)28)16-12-14(5-6-15(16)22)18(26)23-7-9-24(10-8-23)19(27)17-4-3-11-31-17/h3-6,11-12H,7-10,13H2,1-2H3. The molecule has 32 heavy (non-hydrogen) atoms. The van der Waals surface area contributed by atoms with Gasteiger partial charge in [-0.05, 0) is 44.2 Å². The van der Waals surface area contributed by atoms with Crippen molar-refractivity contribution in [1.29, 1.82) is 0 Å². The monoisotopic (exact) mass is 479 g/mol. The SMILES string of the molecule is CC1(C)CS(=O)(=O)N(c2cc(C(=O)N3CCN(C(=O)c4ccco4)CC3)ccc2Cl)C1=O. The van der Waals surface area contributed by atoms with Crippen LogP contribution in [0.3, 0.4) is 0 Å². The highest BCUT2D eigenvalue weighted by Gasteiger charge is 2.50. The summed E-state index contributed by atoms with van der Waals surface area (Å²) in [6.07, 6.45) is 1.43. The van der Waals surface area contributed by atoms with Gasteiger partial charge in [0, 0.05) is 31.7 Å². The van der Waals surface area contributed by atoms with E-state index in [0.29, 0.717) is 30.5 Å². The fraction of sp³-hybridized carbons (Fsp3) is 0.381. The van der Waals surface area contributed by atoms with Crippen molar-refractivity contribution in [1.82, 2.24) is 9.80 Å². The van der Waals surface area contributed by atoms with Crippen LogP contribution in [-0.4, -0.2) is 67.9 Å². The van der Waals surface area contributed by atoms with Gasteiger partial charge in [0.15, 0.2) is 5.76 Å². The first-order chi connectivity index (χ1) is 15.0. The normalized spacial score (nSPS) is 20.0. The number of anilines is 1. The second-order valence-electron chi connectivity index (χ2n) is 8.44. The third-order valence-corrected chi connectivity index (χ3v) is 7.91. The molecule has 1 aromatic heterocycles. The summed E-state index contributed by atoms with van der Waals surface area (Å²) in [5, 5.41) is 0.0602. The Bertz CT molecular complexity index is 1180. The summed E-state index contributed by atoms with van der Waals surface area (Å²) in [5.74, 6) is -1.26. The van der Waals surface area contributed by atoms with Crippen LogP contribution in [0.4, 0.5) is 5.69 Å². The van der Waals surface area contributed by atoms with Crippen molar-refractivity contribution in [3.05, 3.63) is 52.9 Å². The smallest absolute Gasteiger partial charge is 0.289 e. The van der Waals surface area contributed by atoms with Gasteiger partial charge in [-0.1, -0.05) is 11.6 Å². The predicted molar refractivity (Wildman–Crippen MR) is 117 cm³/mol. The van der Waals surface area contributed by atoms with Crippen molar-refractivity contribution in [2.24, 2.45) is 5.41 Å². The largest absolute Gasteiger partial charge is 0.459 e.